The number of aromatic nitrogens is 1. The van der Waals surface area contributed by atoms with Crippen LogP contribution >= 0.6 is 12.2 Å². The van der Waals surface area contributed by atoms with Crippen molar-refractivity contribution in [1.82, 2.24) is 20.7 Å². The van der Waals surface area contributed by atoms with E-state index in [1.165, 1.54) is 0 Å². The van der Waals surface area contributed by atoms with Crippen molar-refractivity contribution in [2.45, 2.75) is 26.3 Å². The number of carbonyl (C=O) groups is 1. The molecule has 1 aromatic carbocycles. The van der Waals surface area contributed by atoms with E-state index in [-0.39, 0.29) is 11.4 Å². The molecule has 0 aliphatic heterocycles. The van der Waals surface area contributed by atoms with Gasteiger partial charge in [0.15, 0.2) is 5.11 Å². The maximum Gasteiger partial charge on any atom is 0.269 e. The minimum Gasteiger partial charge on any atom is -0.357 e. The molecule has 22 heavy (non-hydrogen) atoms. The van der Waals surface area contributed by atoms with Gasteiger partial charge in [-0.2, -0.15) is 0 Å². The van der Waals surface area contributed by atoms with E-state index in [9.17, 15) is 4.79 Å². The second-order valence-electron chi connectivity index (χ2n) is 5.92. The molecule has 0 aliphatic carbocycles. The van der Waals surface area contributed by atoms with E-state index in [0.717, 1.165) is 5.69 Å². The maximum absolute atomic E-state index is 12.2. The van der Waals surface area contributed by atoms with Crippen molar-refractivity contribution < 1.29 is 4.79 Å². The summed E-state index contributed by atoms with van der Waals surface area (Å²) in [6, 6.07) is 11.2. The molecule has 2 rings (SSSR count). The summed E-state index contributed by atoms with van der Waals surface area (Å²) in [6.45, 7) is 5.97. The summed E-state index contributed by atoms with van der Waals surface area (Å²) in [5, 5.41) is 3.44. The quantitative estimate of drug-likeness (QED) is 0.588. The van der Waals surface area contributed by atoms with E-state index in [4.69, 9.17) is 12.2 Å². The van der Waals surface area contributed by atoms with Crippen molar-refractivity contribution in [1.29, 1.82) is 0 Å². The second kappa shape index (κ2) is 6.62. The molecule has 6 heteroatoms. The molecular formula is C16H20N4OS. The van der Waals surface area contributed by atoms with Gasteiger partial charge in [0.25, 0.3) is 5.91 Å². The first kappa shape index (κ1) is 16.0. The molecule has 0 saturated carbocycles. The van der Waals surface area contributed by atoms with Crippen LogP contribution in [0.1, 0.15) is 31.1 Å². The minimum absolute atomic E-state index is 0.164. The molecule has 0 aliphatic rings. The number of thiocarbonyl (C=S) groups is 1. The molecule has 0 bridgehead atoms. The van der Waals surface area contributed by atoms with Gasteiger partial charge in [0.1, 0.15) is 0 Å². The lowest BCUT2D eigenvalue weighted by molar-refractivity contribution is 0.0943. The van der Waals surface area contributed by atoms with E-state index >= 15 is 0 Å². The van der Waals surface area contributed by atoms with Crippen LogP contribution in [-0.2, 0) is 0 Å². The molecule has 1 heterocycles. The van der Waals surface area contributed by atoms with Gasteiger partial charge in [-0.05, 0) is 63.3 Å². The molecular weight excluding hydrogens is 296 g/mol. The largest absolute Gasteiger partial charge is 0.357 e. The van der Waals surface area contributed by atoms with Gasteiger partial charge in [-0.25, -0.2) is 0 Å². The summed E-state index contributed by atoms with van der Waals surface area (Å²) in [5.74, 6) is -0.243. The Kier molecular flexibility index (Phi) is 4.82. The highest BCUT2D eigenvalue weighted by molar-refractivity contribution is 7.80. The highest BCUT2D eigenvalue weighted by Crippen LogP contribution is 2.10. The van der Waals surface area contributed by atoms with Gasteiger partial charge in [0.2, 0.25) is 0 Å². The third-order valence-electron chi connectivity index (χ3n) is 2.79. The Bertz CT molecular complexity index is 659. The smallest absolute Gasteiger partial charge is 0.269 e. The monoisotopic (exact) mass is 316 g/mol. The molecule has 3 N–H and O–H groups in total. The van der Waals surface area contributed by atoms with E-state index in [0.29, 0.717) is 10.7 Å². The molecule has 116 valence electrons. The zero-order valence-electron chi connectivity index (χ0n) is 12.9. The molecule has 0 radical (unpaired) electrons. The summed E-state index contributed by atoms with van der Waals surface area (Å²) >= 11 is 5.12. The molecule has 5 nitrogen and oxygen atoms in total. The number of hydrazine groups is 1. The van der Waals surface area contributed by atoms with E-state index in [1.54, 1.807) is 6.07 Å². The predicted molar refractivity (Wildman–Crippen MR) is 91.9 cm³/mol. The first-order chi connectivity index (χ1) is 10.3. The number of hydrogen-bond donors (Lipinski definition) is 3. The molecule has 0 fully saturated rings. The normalized spacial score (nSPS) is 10.9. The van der Waals surface area contributed by atoms with Gasteiger partial charge in [-0.1, -0.05) is 6.07 Å². The Morgan fingerprint density at radius 1 is 1.09 bits per heavy atom. The Hall–Kier alpha value is -2.34. The van der Waals surface area contributed by atoms with Crippen LogP contribution in [0.4, 0.5) is 0 Å². The number of rotatable bonds is 2. The number of amides is 1. The molecule has 0 spiro atoms. The van der Waals surface area contributed by atoms with Crippen LogP contribution in [-0.4, -0.2) is 21.1 Å². The standard InChI is InChI=1S/C16H20N4OS/c1-16(2,3)17-15(22)19-18-14(21)12-7-6-8-13(11-12)20-9-4-5-10-20/h4-11H,1-3H3,(H,18,21)(H2,17,19,22). The van der Waals surface area contributed by atoms with Gasteiger partial charge in [0, 0.05) is 29.2 Å². The molecule has 0 unspecified atom stereocenters. The van der Waals surface area contributed by atoms with Crippen LogP contribution in [0, 0.1) is 0 Å². The van der Waals surface area contributed by atoms with Crippen LogP contribution in [0.15, 0.2) is 48.8 Å². The van der Waals surface area contributed by atoms with Crippen LogP contribution in [0.25, 0.3) is 5.69 Å². The molecule has 0 atom stereocenters. The number of carbonyl (C=O) groups excluding carboxylic acids is 1. The first-order valence-electron chi connectivity index (χ1n) is 6.97. The van der Waals surface area contributed by atoms with Crippen LogP contribution in [0.5, 0.6) is 0 Å². The average molecular weight is 316 g/mol. The fourth-order valence-corrected chi connectivity index (χ4v) is 2.23. The molecule has 2 aromatic rings. The van der Waals surface area contributed by atoms with Crippen LogP contribution in [0.2, 0.25) is 0 Å². The number of nitrogens with one attached hydrogen (secondary N) is 3. The summed E-state index contributed by atoms with van der Waals surface area (Å²) in [4.78, 5) is 12.2. The average Bonchev–Trinajstić information content (AvgIpc) is 2.97. The summed E-state index contributed by atoms with van der Waals surface area (Å²) in [7, 11) is 0. The number of benzene rings is 1. The van der Waals surface area contributed by atoms with Gasteiger partial charge in [0.05, 0.1) is 0 Å². The van der Waals surface area contributed by atoms with Crippen molar-refractivity contribution in [3.63, 3.8) is 0 Å². The van der Waals surface area contributed by atoms with Gasteiger partial charge < -0.3 is 9.88 Å². The van der Waals surface area contributed by atoms with Gasteiger partial charge in [-0.3, -0.25) is 15.6 Å². The third kappa shape index (κ3) is 4.60. The van der Waals surface area contributed by atoms with Crippen molar-refractivity contribution in [2.75, 3.05) is 0 Å². The van der Waals surface area contributed by atoms with Crippen molar-refractivity contribution in [2.24, 2.45) is 0 Å². The van der Waals surface area contributed by atoms with Crippen LogP contribution < -0.4 is 16.2 Å². The fraction of sp³-hybridized carbons (Fsp3) is 0.250. The highest BCUT2D eigenvalue weighted by Gasteiger charge is 2.12. The summed E-state index contributed by atoms with van der Waals surface area (Å²) in [5.41, 5.74) is 6.61. The fourth-order valence-electron chi connectivity index (χ4n) is 1.87. The first-order valence-corrected chi connectivity index (χ1v) is 7.38. The van der Waals surface area contributed by atoms with Crippen molar-refractivity contribution >= 4 is 23.2 Å². The Morgan fingerprint density at radius 2 is 1.77 bits per heavy atom. The zero-order valence-corrected chi connectivity index (χ0v) is 13.7. The molecule has 1 amide bonds. The maximum atomic E-state index is 12.2. The minimum atomic E-state index is -0.243. The molecule has 1 aromatic heterocycles. The third-order valence-corrected chi connectivity index (χ3v) is 2.99. The van der Waals surface area contributed by atoms with Crippen molar-refractivity contribution in [3.8, 4) is 5.69 Å². The van der Waals surface area contributed by atoms with Crippen LogP contribution in [0.3, 0.4) is 0 Å². The van der Waals surface area contributed by atoms with Gasteiger partial charge in [-0.15, -0.1) is 0 Å². The Balaban J connectivity index is 1.99. The summed E-state index contributed by atoms with van der Waals surface area (Å²) < 4.78 is 1.94. The number of hydrogen-bond acceptors (Lipinski definition) is 2. The highest BCUT2D eigenvalue weighted by atomic mass is 32.1. The Labute approximate surface area is 135 Å². The van der Waals surface area contributed by atoms with Crippen molar-refractivity contribution in [3.05, 3.63) is 54.4 Å². The lowest BCUT2D eigenvalue weighted by atomic mass is 10.1. The summed E-state index contributed by atoms with van der Waals surface area (Å²) in [6.07, 6.45) is 3.86. The predicted octanol–water partition coefficient (Wildman–Crippen LogP) is 2.38. The zero-order chi connectivity index (χ0) is 16.2. The lowest BCUT2D eigenvalue weighted by Gasteiger charge is -2.23. The SMILES string of the molecule is CC(C)(C)NC(=S)NNC(=O)c1cccc(-n2cccc2)c1. The lowest BCUT2D eigenvalue weighted by Crippen LogP contribution is -2.52. The van der Waals surface area contributed by atoms with E-state index < -0.39 is 0 Å². The second-order valence-corrected chi connectivity index (χ2v) is 6.33. The van der Waals surface area contributed by atoms with Gasteiger partial charge >= 0.3 is 0 Å². The van der Waals surface area contributed by atoms with E-state index in [1.807, 2.05) is 68.1 Å². The molecule has 0 saturated heterocycles. The number of nitrogens with zero attached hydrogens (tertiary/aromatic N) is 1. The topological polar surface area (TPSA) is 58.1 Å². The van der Waals surface area contributed by atoms with E-state index in [2.05, 4.69) is 16.2 Å². The Morgan fingerprint density at radius 3 is 2.41 bits per heavy atom.